The van der Waals surface area contributed by atoms with Gasteiger partial charge in [-0.15, -0.1) is 0 Å². The first kappa shape index (κ1) is 20.7. The van der Waals surface area contributed by atoms with Crippen LogP contribution in [0.2, 0.25) is 5.02 Å². The molecule has 2 aromatic heterocycles. The average molecular weight is 448 g/mol. The number of halogens is 1. The Kier molecular flexibility index (Phi) is 5.71. The Morgan fingerprint density at radius 2 is 2.13 bits per heavy atom. The fraction of sp³-hybridized carbons (Fsp3) is 0.333. The lowest BCUT2D eigenvalue weighted by atomic mass is 10.2. The third-order valence-corrected chi connectivity index (χ3v) is 7.11. The number of hydrogen-bond donors (Lipinski definition) is 0. The van der Waals surface area contributed by atoms with Crippen molar-refractivity contribution in [1.29, 1.82) is 0 Å². The second-order valence-corrected chi connectivity index (χ2v) is 10.0. The van der Waals surface area contributed by atoms with Gasteiger partial charge >= 0.3 is 0 Å². The van der Waals surface area contributed by atoms with Crippen molar-refractivity contribution < 1.29 is 17.6 Å². The van der Waals surface area contributed by atoms with E-state index in [1.54, 1.807) is 52.2 Å². The summed E-state index contributed by atoms with van der Waals surface area (Å²) < 4.78 is 31.1. The fourth-order valence-electron chi connectivity index (χ4n) is 3.75. The molecular formula is C21H22ClN3O4S. The Bertz CT molecular complexity index is 1150. The molecule has 0 N–H and O–H groups in total. The number of nitrogens with zero attached hydrogens (tertiary/aromatic N) is 3. The highest BCUT2D eigenvalue weighted by atomic mass is 35.5. The average Bonchev–Trinajstić information content (AvgIpc) is 3.44. The van der Waals surface area contributed by atoms with E-state index in [0.29, 0.717) is 35.1 Å². The summed E-state index contributed by atoms with van der Waals surface area (Å²) in [6, 6.07) is 12.1. The summed E-state index contributed by atoms with van der Waals surface area (Å²) in [4.78, 5) is 15.0. The first-order valence-electron chi connectivity index (χ1n) is 9.79. The van der Waals surface area contributed by atoms with Crippen LogP contribution in [0.5, 0.6) is 0 Å². The van der Waals surface area contributed by atoms with Crippen molar-refractivity contribution in [2.45, 2.75) is 25.8 Å². The van der Waals surface area contributed by atoms with E-state index < -0.39 is 9.84 Å². The number of hydrogen-bond acceptors (Lipinski definition) is 5. The Morgan fingerprint density at radius 1 is 1.30 bits per heavy atom. The molecule has 9 heteroatoms. The maximum absolute atomic E-state index is 13.4. The molecule has 0 radical (unpaired) electrons. The molecule has 1 aliphatic heterocycles. The van der Waals surface area contributed by atoms with E-state index in [1.165, 1.54) is 0 Å². The fourth-order valence-corrected chi connectivity index (χ4v) is 5.66. The maximum Gasteiger partial charge on any atom is 0.274 e. The summed E-state index contributed by atoms with van der Waals surface area (Å²) in [5, 5.41) is 5.09. The standard InChI is InChI=1S/C21H22ClN3O4S/c1-2-9-24(17-8-11-30(27,28)14-17)21(26)18-13-19(20-7-4-10-29-20)25(23-18)16-6-3-5-15(22)12-16/h3-7,10,12-13,17H,2,8-9,11,14H2,1H3. The lowest BCUT2D eigenvalue weighted by molar-refractivity contribution is 0.0690. The van der Waals surface area contributed by atoms with Crippen LogP contribution in [0.15, 0.2) is 53.1 Å². The van der Waals surface area contributed by atoms with Gasteiger partial charge in [0.2, 0.25) is 0 Å². The Labute approximate surface area is 180 Å². The number of benzene rings is 1. The molecule has 1 aromatic carbocycles. The number of carbonyl (C=O) groups excluding carboxylic acids is 1. The Morgan fingerprint density at radius 3 is 2.77 bits per heavy atom. The molecule has 158 valence electrons. The summed E-state index contributed by atoms with van der Waals surface area (Å²) in [5.41, 5.74) is 1.54. The number of rotatable bonds is 6. The maximum atomic E-state index is 13.4. The van der Waals surface area contributed by atoms with Crippen LogP contribution in [0, 0.1) is 0 Å². The summed E-state index contributed by atoms with van der Waals surface area (Å²) >= 11 is 6.15. The molecule has 1 fully saturated rings. The third-order valence-electron chi connectivity index (χ3n) is 5.13. The van der Waals surface area contributed by atoms with Crippen molar-refractivity contribution in [1.82, 2.24) is 14.7 Å². The second kappa shape index (κ2) is 8.28. The molecule has 30 heavy (non-hydrogen) atoms. The largest absolute Gasteiger partial charge is 0.463 e. The van der Waals surface area contributed by atoms with Crippen LogP contribution in [0.25, 0.3) is 17.1 Å². The van der Waals surface area contributed by atoms with Crippen LogP contribution in [-0.2, 0) is 9.84 Å². The molecule has 1 saturated heterocycles. The van der Waals surface area contributed by atoms with Crippen LogP contribution in [0.4, 0.5) is 0 Å². The topological polar surface area (TPSA) is 85.4 Å². The van der Waals surface area contributed by atoms with E-state index in [9.17, 15) is 13.2 Å². The normalized spacial score (nSPS) is 17.9. The van der Waals surface area contributed by atoms with E-state index in [4.69, 9.17) is 16.0 Å². The molecule has 4 rings (SSSR count). The van der Waals surface area contributed by atoms with Crippen LogP contribution < -0.4 is 0 Å². The molecule has 0 aliphatic carbocycles. The molecule has 1 aliphatic rings. The third kappa shape index (κ3) is 4.15. The Hall–Kier alpha value is -2.58. The minimum Gasteiger partial charge on any atom is -0.463 e. The quantitative estimate of drug-likeness (QED) is 0.573. The van der Waals surface area contributed by atoms with E-state index in [1.807, 2.05) is 13.0 Å². The molecule has 1 unspecified atom stereocenters. The van der Waals surface area contributed by atoms with Gasteiger partial charge in [0.15, 0.2) is 21.3 Å². The van der Waals surface area contributed by atoms with Crippen molar-refractivity contribution in [3.05, 3.63) is 59.4 Å². The molecule has 0 saturated carbocycles. The molecular weight excluding hydrogens is 426 g/mol. The highest BCUT2D eigenvalue weighted by molar-refractivity contribution is 7.91. The highest BCUT2D eigenvalue weighted by Gasteiger charge is 2.35. The van der Waals surface area contributed by atoms with Gasteiger partial charge in [-0.3, -0.25) is 4.79 Å². The lowest BCUT2D eigenvalue weighted by Crippen LogP contribution is -2.41. The van der Waals surface area contributed by atoms with Crippen LogP contribution >= 0.6 is 11.6 Å². The molecule has 3 aromatic rings. The first-order valence-corrected chi connectivity index (χ1v) is 12.0. The second-order valence-electron chi connectivity index (χ2n) is 7.34. The summed E-state index contributed by atoms with van der Waals surface area (Å²) in [5.74, 6) is 0.387. The predicted molar refractivity (Wildman–Crippen MR) is 115 cm³/mol. The minimum atomic E-state index is -3.11. The minimum absolute atomic E-state index is 0.00121. The summed E-state index contributed by atoms with van der Waals surface area (Å²) in [7, 11) is -3.11. The van der Waals surface area contributed by atoms with Gasteiger partial charge in [-0.25, -0.2) is 13.1 Å². The number of aromatic nitrogens is 2. The molecule has 3 heterocycles. The zero-order valence-electron chi connectivity index (χ0n) is 16.5. The zero-order valence-corrected chi connectivity index (χ0v) is 18.1. The van der Waals surface area contributed by atoms with Gasteiger partial charge in [0.25, 0.3) is 5.91 Å². The van der Waals surface area contributed by atoms with Gasteiger partial charge in [0.05, 0.1) is 23.5 Å². The van der Waals surface area contributed by atoms with Crippen molar-refractivity contribution in [2.24, 2.45) is 0 Å². The monoisotopic (exact) mass is 447 g/mol. The van der Waals surface area contributed by atoms with Gasteiger partial charge in [-0.2, -0.15) is 5.10 Å². The highest BCUT2D eigenvalue weighted by Crippen LogP contribution is 2.27. The number of carbonyl (C=O) groups is 1. The molecule has 0 spiro atoms. The van der Waals surface area contributed by atoms with Crippen molar-refractivity contribution in [3.8, 4) is 17.1 Å². The van der Waals surface area contributed by atoms with Crippen LogP contribution in [-0.4, -0.2) is 53.1 Å². The van der Waals surface area contributed by atoms with Gasteiger partial charge in [0.1, 0.15) is 5.69 Å². The van der Waals surface area contributed by atoms with E-state index in [0.717, 1.165) is 6.42 Å². The predicted octanol–water partition coefficient (Wildman–Crippen LogP) is 3.83. The lowest BCUT2D eigenvalue weighted by Gasteiger charge is -2.27. The molecule has 0 bridgehead atoms. The van der Waals surface area contributed by atoms with Gasteiger partial charge < -0.3 is 9.32 Å². The number of sulfone groups is 1. The van der Waals surface area contributed by atoms with E-state index in [-0.39, 0.29) is 29.1 Å². The van der Waals surface area contributed by atoms with Crippen molar-refractivity contribution in [3.63, 3.8) is 0 Å². The zero-order chi connectivity index (χ0) is 21.3. The molecule has 1 amide bonds. The van der Waals surface area contributed by atoms with Crippen LogP contribution in [0.1, 0.15) is 30.3 Å². The van der Waals surface area contributed by atoms with Gasteiger partial charge in [0, 0.05) is 23.7 Å². The molecule has 7 nitrogen and oxygen atoms in total. The van der Waals surface area contributed by atoms with Crippen molar-refractivity contribution in [2.75, 3.05) is 18.1 Å². The van der Waals surface area contributed by atoms with Gasteiger partial charge in [-0.1, -0.05) is 24.6 Å². The first-order chi connectivity index (χ1) is 14.4. The Balaban J connectivity index is 1.74. The smallest absolute Gasteiger partial charge is 0.274 e. The SMILES string of the molecule is CCCN(C(=O)c1cc(-c2ccco2)n(-c2cccc(Cl)c2)n1)C1CCS(=O)(=O)C1. The van der Waals surface area contributed by atoms with E-state index in [2.05, 4.69) is 5.10 Å². The van der Waals surface area contributed by atoms with E-state index >= 15 is 0 Å². The summed E-state index contributed by atoms with van der Waals surface area (Å²) in [6.07, 6.45) is 2.73. The van der Waals surface area contributed by atoms with Crippen LogP contribution in [0.3, 0.4) is 0 Å². The molecule has 1 atom stereocenters. The number of amides is 1. The van der Waals surface area contributed by atoms with Crippen molar-refractivity contribution >= 4 is 27.3 Å². The van der Waals surface area contributed by atoms with Gasteiger partial charge in [-0.05, 0) is 43.2 Å². The number of furan rings is 1. The summed E-state index contributed by atoms with van der Waals surface area (Å²) in [6.45, 7) is 2.43.